The predicted octanol–water partition coefficient (Wildman–Crippen LogP) is 0.831. The van der Waals surface area contributed by atoms with Gasteiger partial charge in [-0.3, -0.25) is 9.59 Å². The fourth-order valence-electron chi connectivity index (χ4n) is 1.61. The third-order valence-electron chi connectivity index (χ3n) is 2.68. The summed E-state index contributed by atoms with van der Waals surface area (Å²) >= 11 is 5.87. The van der Waals surface area contributed by atoms with Crippen molar-refractivity contribution in [2.75, 3.05) is 5.73 Å². The smallest absolute Gasteiger partial charge is 0.316 e. The normalized spacial score (nSPS) is 10.6. The van der Waals surface area contributed by atoms with Crippen LogP contribution in [-0.2, 0) is 13.6 Å². The van der Waals surface area contributed by atoms with Crippen LogP contribution in [0.2, 0.25) is 5.02 Å². The second kappa shape index (κ2) is 4.70. The summed E-state index contributed by atoms with van der Waals surface area (Å²) in [6.07, 6.45) is 3.08. The monoisotopic (exact) mass is 265 g/mol. The average molecular weight is 266 g/mol. The van der Waals surface area contributed by atoms with Gasteiger partial charge in [0.05, 0.1) is 6.54 Å². The number of nitrogens with two attached hydrogens (primary N) is 1. The van der Waals surface area contributed by atoms with E-state index in [9.17, 15) is 9.59 Å². The minimum absolute atomic E-state index is 0.224. The van der Waals surface area contributed by atoms with E-state index >= 15 is 0 Å². The van der Waals surface area contributed by atoms with E-state index in [4.69, 9.17) is 17.3 Å². The van der Waals surface area contributed by atoms with Crippen molar-refractivity contribution in [2.24, 2.45) is 7.05 Å². The molecule has 1 aromatic carbocycles. The SMILES string of the molecule is Cn1ccn(Cc2cc(Cl)ccc2N)c(=O)c1=O. The van der Waals surface area contributed by atoms with Crippen LogP contribution in [0.25, 0.3) is 0 Å². The first-order valence-corrected chi connectivity index (χ1v) is 5.67. The number of hydrogen-bond acceptors (Lipinski definition) is 3. The van der Waals surface area contributed by atoms with Gasteiger partial charge >= 0.3 is 11.1 Å². The Morgan fingerprint density at radius 2 is 1.94 bits per heavy atom. The summed E-state index contributed by atoms with van der Waals surface area (Å²) < 4.78 is 2.55. The number of anilines is 1. The summed E-state index contributed by atoms with van der Waals surface area (Å²) in [5, 5.41) is 0.538. The first-order chi connectivity index (χ1) is 8.49. The van der Waals surface area contributed by atoms with E-state index in [0.717, 1.165) is 0 Å². The molecule has 2 rings (SSSR count). The Morgan fingerprint density at radius 3 is 2.67 bits per heavy atom. The number of benzene rings is 1. The van der Waals surface area contributed by atoms with Crippen molar-refractivity contribution in [1.82, 2.24) is 9.13 Å². The van der Waals surface area contributed by atoms with Gasteiger partial charge in [-0.25, -0.2) is 0 Å². The van der Waals surface area contributed by atoms with Crippen LogP contribution in [0.15, 0.2) is 40.2 Å². The molecule has 0 radical (unpaired) electrons. The van der Waals surface area contributed by atoms with Gasteiger partial charge in [-0.15, -0.1) is 0 Å². The van der Waals surface area contributed by atoms with E-state index in [0.29, 0.717) is 16.3 Å². The molecule has 0 bridgehead atoms. The second-order valence-corrected chi connectivity index (χ2v) is 4.43. The second-order valence-electron chi connectivity index (χ2n) is 3.99. The van der Waals surface area contributed by atoms with Crippen LogP contribution >= 0.6 is 11.6 Å². The summed E-state index contributed by atoms with van der Waals surface area (Å²) in [6, 6.07) is 5.03. The fraction of sp³-hybridized carbons (Fsp3) is 0.167. The van der Waals surface area contributed by atoms with Crippen molar-refractivity contribution >= 4 is 17.3 Å². The highest BCUT2D eigenvalue weighted by atomic mass is 35.5. The summed E-state index contributed by atoms with van der Waals surface area (Å²) in [5.74, 6) is 0. The molecule has 0 saturated carbocycles. The summed E-state index contributed by atoms with van der Waals surface area (Å²) in [4.78, 5) is 23.2. The van der Waals surface area contributed by atoms with E-state index in [1.54, 1.807) is 24.4 Å². The van der Waals surface area contributed by atoms with Crippen molar-refractivity contribution in [3.63, 3.8) is 0 Å². The van der Waals surface area contributed by atoms with Crippen molar-refractivity contribution in [3.05, 3.63) is 61.9 Å². The molecule has 2 aromatic rings. The first-order valence-electron chi connectivity index (χ1n) is 5.29. The van der Waals surface area contributed by atoms with Gasteiger partial charge in [-0.05, 0) is 23.8 Å². The maximum atomic E-state index is 11.7. The number of rotatable bonds is 2. The maximum Gasteiger partial charge on any atom is 0.316 e. The lowest BCUT2D eigenvalue weighted by atomic mass is 10.2. The highest BCUT2D eigenvalue weighted by molar-refractivity contribution is 6.30. The van der Waals surface area contributed by atoms with Gasteiger partial charge in [-0.1, -0.05) is 11.6 Å². The minimum Gasteiger partial charge on any atom is -0.398 e. The number of hydrogen-bond donors (Lipinski definition) is 1. The first kappa shape index (κ1) is 12.4. The lowest BCUT2D eigenvalue weighted by Crippen LogP contribution is -2.39. The molecule has 0 fully saturated rings. The van der Waals surface area contributed by atoms with E-state index in [-0.39, 0.29) is 6.54 Å². The Labute approximate surface area is 108 Å². The maximum absolute atomic E-state index is 11.7. The molecule has 0 aliphatic rings. The largest absolute Gasteiger partial charge is 0.398 e. The third-order valence-corrected chi connectivity index (χ3v) is 2.92. The summed E-state index contributed by atoms with van der Waals surface area (Å²) in [7, 11) is 1.53. The van der Waals surface area contributed by atoms with Gasteiger partial charge in [0.25, 0.3) is 0 Å². The number of nitrogen functional groups attached to an aromatic ring is 1. The predicted molar refractivity (Wildman–Crippen MR) is 70.9 cm³/mol. The zero-order valence-electron chi connectivity index (χ0n) is 9.76. The molecule has 1 aromatic heterocycles. The highest BCUT2D eigenvalue weighted by Gasteiger charge is 2.06. The quantitative estimate of drug-likeness (QED) is 0.646. The van der Waals surface area contributed by atoms with Gasteiger partial charge < -0.3 is 14.9 Å². The number of nitrogens with zero attached hydrogens (tertiary/aromatic N) is 2. The van der Waals surface area contributed by atoms with Crippen molar-refractivity contribution in [2.45, 2.75) is 6.54 Å². The molecule has 0 saturated heterocycles. The van der Waals surface area contributed by atoms with Crippen LogP contribution in [-0.4, -0.2) is 9.13 Å². The highest BCUT2D eigenvalue weighted by Crippen LogP contribution is 2.18. The van der Waals surface area contributed by atoms with Gasteiger partial charge in [-0.2, -0.15) is 0 Å². The summed E-state index contributed by atoms with van der Waals surface area (Å²) in [6.45, 7) is 0.224. The topological polar surface area (TPSA) is 70.0 Å². The van der Waals surface area contributed by atoms with E-state index in [1.807, 2.05) is 0 Å². The molecular weight excluding hydrogens is 254 g/mol. The molecular formula is C12H12ClN3O2. The van der Waals surface area contributed by atoms with Crippen LogP contribution < -0.4 is 16.9 Å². The van der Waals surface area contributed by atoms with Crippen molar-refractivity contribution < 1.29 is 0 Å². The lowest BCUT2D eigenvalue weighted by molar-refractivity contribution is 0.696. The molecule has 6 heteroatoms. The molecule has 0 aliphatic carbocycles. The zero-order valence-corrected chi connectivity index (χ0v) is 10.5. The van der Waals surface area contributed by atoms with Crippen LogP contribution in [0.1, 0.15) is 5.56 Å². The Morgan fingerprint density at radius 1 is 1.22 bits per heavy atom. The molecule has 1 heterocycles. The van der Waals surface area contributed by atoms with Gasteiger partial charge in [0.15, 0.2) is 0 Å². The molecule has 94 valence electrons. The average Bonchev–Trinajstić information content (AvgIpc) is 2.34. The molecule has 0 unspecified atom stereocenters. The van der Waals surface area contributed by atoms with E-state index in [1.165, 1.54) is 22.4 Å². The Bertz CT molecular complexity index is 703. The van der Waals surface area contributed by atoms with Crippen LogP contribution in [0.3, 0.4) is 0 Å². The molecule has 5 nitrogen and oxygen atoms in total. The lowest BCUT2D eigenvalue weighted by Gasteiger charge is -2.09. The Kier molecular flexibility index (Phi) is 3.25. The standard InChI is InChI=1S/C12H12ClN3O2/c1-15-4-5-16(12(18)11(15)17)7-8-6-9(13)2-3-10(8)14/h2-6H,7,14H2,1H3. The Hall–Kier alpha value is -2.01. The molecule has 0 spiro atoms. The molecule has 18 heavy (non-hydrogen) atoms. The summed E-state index contributed by atoms with van der Waals surface area (Å²) in [5.41, 5.74) is 5.88. The molecule has 0 atom stereocenters. The van der Waals surface area contributed by atoms with Gasteiger partial charge in [0, 0.05) is 30.2 Å². The van der Waals surface area contributed by atoms with Crippen LogP contribution in [0.5, 0.6) is 0 Å². The molecule has 0 aliphatic heterocycles. The minimum atomic E-state index is -0.584. The molecule has 2 N–H and O–H groups in total. The van der Waals surface area contributed by atoms with Gasteiger partial charge in [0.1, 0.15) is 0 Å². The van der Waals surface area contributed by atoms with Gasteiger partial charge in [0.2, 0.25) is 0 Å². The van der Waals surface area contributed by atoms with Crippen molar-refractivity contribution in [3.8, 4) is 0 Å². The fourth-order valence-corrected chi connectivity index (χ4v) is 1.80. The van der Waals surface area contributed by atoms with Crippen LogP contribution in [0, 0.1) is 0 Å². The third kappa shape index (κ3) is 2.31. The van der Waals surface area contributed by atoms with Crippen molar-refractivity contribution in [1.29, 1.82) is 0 Å². The van der Waals surface area contributed by atoms with Crippen LogP contribution in [0.4, 0.5) is 5.69 Å². The van der Waals surface area contributed by atoms with E-state index < -0.39 is 11.1 Å². The van der Waals surface area contributed by atoms with E-state index in [2.05, 4.69) is 0 Å². The molecule has 0 amide bonds. The Balaban J connectivity index is 2.47. The number of aryl methyl sites for hydroxylation is 1. The number of aromatic nitrogens is 2. The number of halogens is 1. The zero-order chi connectivity index (χ0) is 13.3.